The van der Waals surface area contributed by atoms with E-state index in [1.165, 1.54) is 0 Å². The summed E-state index contributed by atoms with van der Waals surface area (Å²) in [6, 6.07) is 0. The van der Waals surface area contributed by atoms with Gasteiger partial charge in [-0.3, -0.25) is 0 Å². The largest absolute Gasteiger partial charge is 0.328 e. The second kappa shape index (κ2) is 5.10. The molecule has 84 valence electrons. The summed E-state index contributed by atoms with van der Waals surface area (Å²) in [7, 11) is 0. The van der Waals surface area contributed by atoms with Crippen LogP contribution in [-0.2, 0) is 14.2 Å². The van der Waals surface area contributed by atoms with Gasteiger partial charge in [0.1, 0.15) is 0 Å². The molecule has 1 fully saturated rings. The van der Waals surface area contributed by atoms with Crippen molar-refractivity contribution in [2.24, 2.45) is 11.8 Å². The third-order valence-electron chi connectivity index (χ3n) is 2.60. The molecule has 1 rings (SSSR count). The van der Waals surface area contributed by atoms with Crippen LogP contribution in [0.25, 0.3) is 0 Å². The van der Waals surface area contributed by atoms with E-state index in [1.807, 2.05) is 20.8 Å². The second-order valence-electron chi connectivity index (χ2n) is 3.72. The van der Waals surface area contributed by atoms with Gasteiger partial charge in [0.05, 0.1) is 0 Å². The molecule has 2 atom stereocenters. The maximum Gasteiger partial charge on any atom is 0.286 e. The topological polar surface area (TPSA) is 27.7 Å². The Labute approximate surface area is 86.7 Å². The zero-order valence-electron chi connectivity index (χ0n) is 9.71. The molecule has 0 bridgehead atoms. The predicted octanol–water partition coefficient (Wildman–Crippen LogP) is 2.41. The molecule has 0 aromatic rings. The number of rotatable bonds is 7. The van der Waals surface area contributed by atoms with Crippen molar-refractivity contribution in [2.75, 3.05) is 19.8 Å². The molecule has 1 aliphatic carbocycles. The highest BCUT2D eigenvalue weighted by Gasteiger charge is 2.54. The Morgan fingerprint density at radius 1 is 1.00 bits per heavy atom. The predicted molar refractivity (Wildman–Crippen MR) is 54.9 cm³/mol. The van der Waals surface area contributed by atoms with Gasteiger partial charge in [-0.05, 0) is 33.1 Å². The summed E-state index contributed by atoms with van der Waals surface area (Å²) in [5.41, 5.74) is 0. The normalized spacial score (nSPS) is 26.6. The number of hydrogen-bond donors (Lipinski definition) is 0. The fourth-order valence-corrected chi connectivity index (χ4v) is 1.86. The molecule has 1 saturated carbocycles. The molecule has 0 heterocycles. The van der Waals surface area contributed by atoms with Gasteiger partial charge < -0.3 is 14.2 Å². The zero-order valence-corrected chi connectivity index (χ0v) is 9.71. The summed E-state index contributed by atoms with van der Waals surface area (Å²) in [4.78, 5) is 0. The van der Waals surface area contributed by atoms with Crippen molar-refractivity contribution < 1.29 is 14.2 Å². The lowest BCUT2D eigenvalue weighted by Gasteiger charge is -2.32. The van der Waals surface area contributed by atoms with Gasteiger partial charge in [0.25, 0.3) is 5.97 Å². The van der Waals surface area contributed by atoms with Crippen LogP contribution in [0.3, 0.4) is 0 Å². The van der Waals surface area contributed by atoms with Gasteiger partial charge in [-0.2, -0.15) is 0 Å². The average molecular weight is 202 g/mol. The standard InChI is InChI=1S/C11H22O3/c1-5-12-11(13-6-2,14-7-3)10-8-9(10)4/h9-10H,5-8H2,1-4H3. The first-order chi connectivity index (χ1) is 6.70. The molecule has 0 spiro atoms. The Morgan fingerprint density at radius 3 is 1.57 bits per heavy atom. The summed E-state index contributed by atoms with van der Waals surface area (Å²) >= 11 is 0. The Balaban J connectivity index is 2.62. The van der Waals surface area contributed by atoms with Crippen LogP contribution < -0.4 is 0 Å². The maximum atomic E-state index is 5.66. The highest BCUT2D eigenvalue weighted by atomic mass is 16.9. The van der Waals surface area contributed by atoms with Gasteiger partial charge in [0.2, 0.25) is 0 Å². The summed E-state index contributed by atoms with van der Waals surface area (Å²) in [5, 5.41) is 0. The first kappa shape index (κ1) is 12.0. The van der Waals surface area contributed by atoms with Crippen molar-refractivity contribution in [3.8, 4) is 0 Å². The first-order valence-electron chi connectivity index (χ1n) is 5.62. The third kappa shape index (κ3) is 2.47. The van der Waals surface area contributed by atoms with Crippen LogP contribution in [0.4, 0.5) is 0 Å². The minimum Gasteiger partial charge on any atom is -0.328 e. The second-order valence-corrected chi connectivity index (χ2v) is 3.72. The van der Waals surface area contributed by atoms with E-state index in [2.05, 4.69) is 6.92 Å². The lowest BCUT2D eigenvalue weighted by molar-refractivity contribution is -0.389. The molecule has 0 aliphatic heterocycles. The lowest BCUT2D eigenvalue weighted by atomic mass is 10.3. The Hall–Kier alpha value is -0.120. The quantitative estimate of drug-likeness (QED) is 0.593. The van der Waals surface area contributed by atoms with Gasteiger partial charge in [-0.15, -0.1) is 0 Å². The van der Waals surface area contributed by atoms with Crippen LogP contribution in [-0.4, -0.2) is 25.8 Å². The van der Waals surface area contributed by atoms with Crippen molar-refractivity contribution in [3.63, 3.8) is 0 Å². The van der Waals surface area contributed by atoms with Crippen molar-refractivity contribution in [1.29, 1.82) is 0 Å². The van der Waals surface area contributed by atoms with Crippen LogP contribution in [0.2, 0.25) is 0 Å². The molecule has 0 saturated heterocycles. The molecule has 14 heavy (non-hydrogen) atoms. The van der Waals surface area contributed by atoms with E-state index in [1.54, 1.807) is 0 Å². The highest BCUT2D eigenvalue weighted by Crippen LogP contribution is 2.48. The minimum atomic E-state index is -0.766. The van der Waals surface area contributed by atoms with Gasteiger partial charge in [-0.25, -0.2) is 0 Å². The molecule has 0 radical (unpaired) electrons. The van der Waals surface area contributed by atoms with Crippen molar-refractivity contribution in [3.05, 3.63) is 0 Å². The summed E-state index contributed by atoms with van der Waals surface area (Å²) in [6.45, 7) is 10.0. The molecular formula is C11H22O3. The van der Waals surface area contributed by atoms with Crippen molar-refractivity contribution >= 4 is 0 Å². The summed E-state index contributed by atoms with van der Waals surface area (Å²) < 4.78 is 17.0. The van der Waals surface area contributed by atoms with Crippen LogP contribution in [0.15, 0.2) is 0 Å². The Bertz CT molecular complexity index is 153. The van der Waals surface area contributed by atoms with E-state index >= 15 is 0 Å². The van der Waals surface area contributed by atoms with Crippen molar-refractivity contribution in [2.45, 2.75) is 40.1 Å². The molecule has 2 unspecified atom stereocenters. The summed E-state index contributed by atoms with van der Waals surface area (Å²) in [5.74, 6) is 0.291. The number of hydrogen-bond acceptors (Lipinski definition) is 3. The molecule has 3 nitrogen and oxygen atoms in total. The van der Waals surface area contributed by atoms with E-state index < -0.39 is 5.97 Å². The number of ether oxygens (including phenoxy) is 3. The van der Waals surface area contributed by atoms with E-state index in [-0.39, 0.29) is 0 Å². The Kier molecular flexibility index (Phi) is 4.35. The molecule has 0 aromatic heterocycles. The first-order valence-corrected chi connectivity index (χ1v) is 5.62. The molecule has 3 heteroatoms. The monoisotopic (exact) mass is 202 g/mol. The van der Waals surface area contributed by atoms with Gasteiger partial charge in [0, 0.05) is 25.7 Å². The van der Waals surface area contributed by atoms with Crippen LogP contribution in [0.1, 0.15) is 34.1 Å². The van der Waals surface area contributed by atoms with Crippen LogP contribution in [0, 0.1) is 11.8 Å². The SMILES string of the molecule is CCOC(OCC)(OCC)C1CC1C. The fraction of sp³-hybridized carbons (Fsp3) is 1.00. The van der Waals surface area contributed by atoms with E-state index in [0.717, 1.165) is 6.42 Å². The van der Waals surface area contributed by atoms with E-state index in [9.17, 15) is 0 Å². The Morgan fingerprint density at radius 2 is 1.36 bits per heavy atom. The lowest BCUT2D eigenvalue weighted by Crippen LogP contribution is -2.42. The fourth-order valence-electron chi connectivity index (χ4n) is 1.86. The average Bonchev–Trinajstić information content (AvgIpc) is 2.84. The van der Waals surface area contributed by atoms with Crippen LogP contribution >= 0.6 is 0 Å². The van der Waals surface area contributed by atoms with Crippen molar-refractivity contribution in [1.82, 2.24) is 0 Å². The van der Waals surface area contributed by atoms with Gasteiger partial charge >= 0.3 is 0 Å². The van der Waals surface area contributed by atoms with Crippen LogP contribution in [0.5, 0.6) is 0 Å². The smallest absolute Gasteiger partial charge is 0.286 e. The van der Waals surface area contributed by atoms with Gasteiger partial charge in [-0.1, -0.05) is 6.92 Å². The molecule has 1 aliphatic rings. The molecule has 0 amide bonds. The van der Waals surface area contributed by atoms with E-state index in [4.69, 9.17) is 14.2 Å². The molecular weight excluding hydrogens is 180 g/mol. The zero-order chi connectivity index (χ0) is 10.6. The minimum absolute atomic E-state index is 0.405. The molecule has 0 N–H and O–H groups in total. The maximum absolute atomic E-state index is 5.66. The highest BCUT2D eigenvalue weighted by molar-refractivity contribution is 4.90. The third-order valence-corrected chi connectivity index (χ3v) is 2.60. The van der Waals surface area contributed by atoms with Gasteiger partial charge in [0.15, 0.2) is 0 Å². The molecule has 0 aromatic carbocycles. The summed E-state index contributed by atoms with van der Waals surface area (Å²) in [6.07, 6.45) is 1.14. The van der Waals surface area contributed by atoms with E-state index in [0.29, 0.717) is 31.7 Å².